The van der Waals surface area contributed by atoms with Crippen LogP contribution in [0.25, 0.3) is 0 Å². The zero-order chi connectivity index (χ0) is 12.1. The molecule has 92 valence electrons. The molecule has 2 rings (SSSR count). The lowest BCUT2D eigenvalue weighted by Crippen LogP contribution is -1.94. The summed E-state index contributed by atoms with van der Waals surface area (Å²) in [6.07, 6.45) is 3.80. The van der Waals surface area contributed by atoms with Gasteiger partial charge in [-0.15, -0.1) is 10.2 Å². The minimum absolute atomic E-state index is 0.627. The van der Waals surface area contributed by atoms with E-state index in [4.69, 9.17) is 4.74 Å². The molecule has 0 aliphatic rings. The van der Waals surface area contributed by atoms with E-state index in [1.165, 1.54) is 11.3 Å². The number of nitrogens with zero attached hydrogens (tertiary/aromatic N) is 4. The molecule has 0 fully saturated rings. The van der Waals surface area contributed by atoms with Gasteiger partial charge in [0, 0.05) is 18.9 Å². The van der Waals surface area contributed by atoms with Gasteiger partial charge >= 0.3 is 0 Å². The molecule has 2 heterocycles. The smallest absolute Gasteiger partial charge is 0.294 e. The lowest BCUT2D eigenvalue weighted by molar-refractivity contribution is 0.335. The normalized spacial score (nSPS) is 10.7. The second-order valence-corrected chi connectivity index (χ2v) is 5.15. The molecule has 0 amide bonds. The van der Waals surface area contributed by atoms with Gasteiger partial charge in [0.15, 0.2) is 5.16 Å². The van der Waals surface area contributed by atoms with Gasteiger partial charge in [0.2, 0.25) is 0 Å². The van der Waals surface area contributed by atoms with Gasteiger partial charge in [0.05, 0.1) is 12.4 Å². The van der Waals surface area contributed by atoms with Crippen molar-refractivity contribution in [3.63, 3.8) is 0 Å². The topological polar surface area (TPSA) is 52.8 Å². The summed E-state index contributed by atoms with van der Waals surface area (Å²) in [5.74, 6) is 0.780. The zero-order valence-corrected chi connectivity index (χ0v) is 11.4. The van der Waals surface area contributed by atoms with Crippen LogP contribution in [-0.2, 0) is 12.3 Å². The third kappa shape index (κ3) is 3.19. The lowest BCUT2D eigenvalue weighted by Gasteiger charge is -2.01. The van der Waals surface area contributed by atoms with E-state index in [9.17, 15) is 0 Å². The standard InChI is InChI=1S/C10H14N4OS2/c1-3-14-6-5-11-9(14)16-7-8-12-13-10(17-8)15-4-2/h5-6H,3-4,7H2,1-2H3. The molecule has 0 radical (unpaired) electrons. The highest BCUT2D eigenvalue weighted by Gasteiger charge is 2.07. The maximum absolute atomic E-state index is 5.28. The highest BCUT2D eigenvalue weighted by molar-refractivity contribution is 7.98. The van der Waals surface area contributed by atoms with Crippen LogP contribution in [0.3, 0.4) is 0 Å². The van der Waals surface area contributed by atoms with Gasteiger partial charge in [-0.1, -0.05) is 23.1 Å². The first-order valence-corrected chi connectivity index (χ1v) is 7.22. The minimum Gasteiger partial charge on any atom is -0.469 e. The van der Waals surface area contributed by atoms with Gasteiger partial charge in [-0.3, -0.25) is 0 Å². The number of aromatic nitrogens is 4. The fourth-order valence-corrected chi connectivity index (χ4v) is 3.04. The Morgan fingerprint density at radius 2 is 2.29 bits per heavy atom. The third-order valence-corrected chi connectivity index (χ3v) is 4.09. The van der Waals surface area contributed by atoms with Crippen LogP contribution < -0.4 is 4.74 Å². The number of aryl methyl sites for hydroxylation is 1. The summed E-state index contributed by atoms with van der Waals surface area (Å²) in [6.45, 7) is 5.60. The summed E-state index contributed by atoms with van der Waals surface area (Å²) in [5, 5.41) is 10.6. The van der Waals surface area contributed by atoms with Gasteiger partial charge in [0.1, 0.15) is 5.01 Å². The van der Waals surface area contributed by atoms with Crippen molar-refractivity contribution in [3.05, 3.63) is 17.4 Å². The summed E-state index contributed by atoms with van der Waals surface area (Å²) < 4.78 is 7.39. The highest BCUT2D eigenvalue weighted by atomic mass is 32.2. The van der Waals surface area contributed by atoms with Crippen molar-refractivity contribution < 1.29 is 4.74 Å². The van der Waals surface area contributed by atoms with Crippen molar-refractivity contribution in [2.45, 2.75) is 31.3 Å². The van der Waals surface area contributed by atoms with E-state index >= 15 is 0 Å². The summed E-state index contributed by atoms with van der Waals surface area (Å²) in [7, 11) is 0. The van der Waals surface area contributed by atoms with Crippen LogP contribution in [0.2, 0.25) is 0 Å². The van der Waals surface area contributed by atoms with Gasteiger partial charge in [0.25, 0.3) is 5.19 Å². The van der Waals surface area contributed by atoms with Gasteiger partial charge < -0.3 is 9.30 Å². The fourth-order valence-electron chi connectivity index (χ4n) is 1.28. The van der Waals surface area contributed by atoms with Crippen LogP contribution in [0.1, 0.15) is 18.9 Å². The molecule has 0 saturated heterocycles. The first-order valence-electron chi connectivity index (χ1n) is 5.42. The molecule has 0 bridgehead atoms. The largest absolute Gasteiger partial charge is 0.469 e. The Morgan fingerprint density at radius 1 is 1.41 bits per heavy atom. The lowest BCUT2D eigenvalue weighted by atomic mass is 10.7. The average Bonchev–Trinajstić information content (AvgIpc) is 2.95. The number of thioether (sulfide) groups is 1. The number of hydrogen-bond donors (Lipinski definition) is 0. The predicted molar refractivity (Wildman–Crippen MR) is 68.5 cm³/mol. The van der Waals surface area contributed by atoms with E-state index in [2.05, 4.69) is 26.7 Å². The van der Waals surface area contributed by atoms with Crippen LogP contribution in [0.5, 0.6) is 5.19 Å². The Bertz CT molecular complexity index is 468. The van der Waals surface area contributed by atoms with Crippen molar-refractivity contribution in [1.29, 1.82) is 0 Å². The molecular weight excluding hydrogens is 256 g/mol. The van der Waals surface area contributed by atoms with E-state index in [1.807, 2.05) is 19.3 Å². The molecule has 2 aromatic heterocycles. The summed E-state index contributed by atoms with van der Waals surface area (Å²) in [6, 6.07) is 0. The number of rotatable bonds is 6. The van der Waals surface area contributed by atoms with Crippen molar-refractivity contribution in [1.82, 2.24) is 19.7 Å². The molecule has 5 nitrogen and oxygen atoms in total. The minimum atomic E-state index is 0.627. The van der Waals surface area contributed by atoms with Crippen LogP contribution in [-0.4, -0.2) is 26.4 Å². The van der Waals surface area contributed by atoms with E-state index in [0.717, 1.165) is 22.5 Å². The van der Waals surface area contributed by atoms with Crippen LogP contribution in [0.15, 0.2) is 17.6 Å². The van der Waals surface area contributed by atoms with E-state index in [0.29, 0.717) is 11.8 Å². The quantitative estimate of drug-likeness (QED) is 0.755. The van der Waals surface area contributed by atoms with Crippen molar-refractivity contribution in [3.8, 4) is 5.19 Å². The molecule has 17 heavy (non-hydrogen) atoms. The summed E-state index contributed by atoms with van der Waals surface area (Å²) >= 11 is 3.16. The molecule has 7 heteroatoms. The van der Waals surface area contributed by atoms with Crippen molar-refractivity contribution >= 4 is 23.1 Å². The Hall–Kier alpha value is -1.08. The van der Waals surface area contributed by atoms with Crippen LogP contribution in [0.4, 0.5) is 0 Å². The first kappa shape index (κ1) is 12.4. The van der Waals surface area contributed by atoms with Crippen molar-refractivity contribution in [2.75, 3.05) is 6.61 Å². The molecule has 0 aromatic carbocycles. The Balaban J connectivity index is 1.93. The molecule has 0 saturated carbocycles. The molecular formula is C10H14N4OS2. The second kappa shape index (κ2) is 6.02. The first-order chi connectivity index (χ1) is 8.33. The maximum atomic E-state index is 5.28. The Kier molecular flexibility index (Phi) is 4.38. The number of hydrogen-bond acceptors (Lipinski definition) is 6. The second-order valence-electron chi connectivity index (χ2n) is 3.18. The molecule has 0 N–H and O–H groups in total. The molecule has 0 unspecified atom stereocenters. The number of imidazole rings is 1. The predicted octanol–water partition coefficient (Wildman–Crippen LogP) is 2.45. The van der Waals surface area contributed by atoms with Gasteiger partial charge in [-0.2, -0.15) is 0 Å². The molecule has 0 aliphatic carbocycles. The third-order valence-electron chi connectivity index (χ3n) is 2.06. The summed E-state index contributed by atoms with van der Waals surface area (Å²) in [5.41, 5.74) is 0. The SMILES string of the molecule is CCOc1nnc(CSc2nccn2CC)s1. The number of ether oxygens (including phenoxy) is 1. The van der Waals surface area contributed by atoms with Crippen LogP contribution >= 0.6 is 23.1 Å². The van der Waals surface area contributed by atoms with Gasteiger partial charge in [-0.25, -0.2) is 4.98 Å². The molecule has 0 atom stereocenters. The zero-order valence-electron chi connectivity index (χ0n) is 9.79. The monoisotopic (exact) mass is 270 g/mol. The molecule has 2 aromatic rings. The average molecular weight is 270 g/mol. The van der Waals surface area contributed by atoms with E-state index in [1.54, 1.807) is 11.8 Å². The Labute approximate surface area is 108 Å². The summed E-state index contributed by atoms with van der Waals surface area (Å²) in [4.78, 5) is 4.30. The Morgan fingerprint density at radius 3 is 3.06 bits per heavy atom. The van der Waals surface area contributed by atoms with E-state index < -0.39 is 0 Å². The molecule has 0 spiro atoms. The maximum Gasteiger partial charge on any atom is 0.294 e. The van der Waals surface area contributed by atoms with E-state index in [-0.39, 0.29) is 0 Å². The molecule has 0 aliphatic heterocycles. The fraction of sp³-hybridized carbons (Fsp3) is 0.500. The highest BCUT2D eigenvalue weighted by Crippen LogP contribution is 2.25. The van der Waals surface area contributed by atoms with Crippen LogP contribution in [0, 0.1) is 0 Å². The van der Waals surface area contributed by atoms with Crippen molar-refractivity contribution in [2.24, 2.45) is 0 Å². The van der Waals surface area contributed by atoms with Gasteiger partial charge in [-0.05, 0) is 13.8 Å².